The number of carbonyl (C=O) groups excluding carboxylic acids is 2. The van der Waals surface area contributed by atoms with Crippen LogP contribution in [0.4, 0.5) is 15.7 Å². The molecule has 2 aromatic heterocycles. The highest BCUT2D eigenvalue weighted by Gasteiger charge is 2.33. The van der Waals surface area contributed by atoms with E-state index in [9.17, 15) is 9.59 Å². The molecule has 0 unspecified atom stereocenters. The van der Waals surface area contributed by atoms with Crippen LogP contribution in [-0.4, -0.2) is 51.6 Å². The van der Waals surface area contributed by atoms with Gasteiger partial charge < -0.3 is 20.3 Å². The number of halogens is 1. The molecule has 1 saturated heterocycles. The minimum Gasteiger partial charge on any atom is -0.444 e. The van der Waals surface area contributed by atoms with Crippen molar-refractivity contribution in [2.24, 2.45) is 5.92 Å². The number of hydrogen-bond donors (Lipinski definition) is 2. The van der Waals surface area contributed by atoms with Gasteiger partial charge in [0.1, 0.15) is 21.8 Å². The molecule has 3 heterocycles. The maximum absolute atomic E-state index is 13.2. The molecule has 3 rings (SSSR count). The molecule has 0 aliphatic carbocycles. The van der Waals surface area contributed by atoms with Crippen molar-refractivity contribution in [3.05, 3.63) is 34.4 Å². The van der Waals surface area contributed by atoms with E-state index in [2.05, 4.69) is 15.6 Å². The molecule has 8 nitrogen and oxygen atoms in total. The first-order valence-electron chi connectivity index (χ1n) is 11.2. The van der Waals surface area contributed by atoms with Crippen LogP contribution in [0.1, 0.15) is 59.1 Å². The van der Waals surface area contributed by atoms with Crippen LogP contribution >= 0.6 is 22.9 Å². The maximum Gasteiger partial charge on any atom is 0.408 e. The highest BCUT2D eigenvalue weighted by molar-refractivity contribution is 7.19. The van der Waals surface area contributed by atoms with E-state index in [0.29, 0.717) is 22.6 Å². The minimum absolute atomic E-state index is 0.0495. The number of aromatic nitrogens is 2. The van der Waals surface area contributed by atoms with Gasteiger partial charge in [0, 0.05) is 24.7 Å². The lowest BCUT2D eigenvalue weighted by molar-refractivity contribution is -0.135. The molecule has 10 heteroatoms. The van der Waals surface area contributed by atoms with E-state index < -0.39 is 17.7 Å². The first-order chi connectivity index (χ1) is 15.5. The number of piperidine rings is 1. The number of likely N-dealkylation sites (tertiary alicyclic amines) is 1. The number of nitrogens with one attached hydrogen (secondary N) is 2. The van der Waals surface area contributed by atoms with E-state index in [1.165, 1.54) is 11.3 Å². The van der Waals surface area contributed by atoms with Gasteiger partial charge in [-0.05, 0) is 51.7 Å². The van der Waals surface area contributed by atoms with Crippen LogP contribution in [-0.2, 0) is 9.53 Å². The van der Waals surface area contributed by atoms with Crippen LogP contribution in [0.15, 0.2) is 24.4 Å². The summed E-state index contributed by atoms with van der Waals surface area (Å²) < 4.78 is 5.96. The molecule has 2 N–H and O–H groups in total. The Labute approximate surface area is 204 Å². The fourth-order valence-corrected chi connectivity index (χ4v) is 4.53. The molecule has 2 aromatic rings. The smallest absolute Gasteiger partial charge is 0.408 e. The van der Waals surface area contributed by atoms with Gasteiger partial charge in [-0.15, -0.1) is 0 Å². The third kappa shape index (κ3) is 7.30. The maximum atomic E-state index is 13.2. The molecule has 2 amide bonds. The summed E-state index contributed by atoms with van der Waals surface area (Å²) in [5.41, 5.74) is 0.372. The molecule has 1 fully saturated rings. The van der Waals surface area contributed by atoms with Gasteiger partial charge in [-0.2, -0.15) is 0 Å². The van der Waals surface area contributed by atoms with Crippen LogP contribution in [0.5, 0.6) is 0 Å². The summed E-state index contributed by atoms with van der Waals surface area (Å²) in [5, 5.41) is 6.64. The van der Waals surface area contributed by atoms with Gasteiger partial charge in [0.15, 0.2) is 5.13 Å². The van der Waals surface area contributed by atoms with Gasteiger partial charge in [0.25, 0.3) is 0 Å². The number of anilines is 2. The summed E-state index contributed by atoms with van der Waals surface area (Å²) in [5.74, 6) is 0.857. The van der Waals surface area contributed by atoms with E-state index >= 15 is 0 Å². The lowest BCUT2D eigenvalue weighted by Gasteiger charge is -2.35. The molecule has 1 aliphatic rings. The van der Waals surface area contributed by atoms with Gasteiger partial charge in [-0.25, -0.2) is 14.8 Å². The number of rotatable bonds is 6. The number of thiazole rings is 1. The molecule has 1 atom stereocenters. The summed E-state index contributed by atoms with van der Waals surface area (Å²) in [6.07, 6.45) is 2.65. The van der Waals surface area contributed by atoms with E-state index in [-0.39, 0.29) is 17.7 Å². The number of alkyl carbamates (subject to hydrolysis) is 1. The standard InChI is InChI=1S/C23H32ClN5O3S/c1-14(2)19(28-22(31)32-23(3,4)5)20(30)29-11-9-15(10-12-29)16-7-6-8-18(26-16)27-21-25-13-17(24)33-21/h6-8,13-15,19H,9-12H2,1-5H3,(H,28,31)(H,25,26,27)/t19-/m0/s1. The Balaban J connectivity index is 1.58. The summed E-state index contributed by atoms with van der Waals surface area (Å²) >= 11 is 7.31. The van der Waals surface area contributed by atoms with E-state index in [1.54, 1.807) is 27.0 Å². The van der Waals surface area contributed by atoms with Crippen molar-refractivity contribution in [3.8, 4) is 0 Å². The quantitative estimate of drug-likeness (QED) is 0.574. The minimum atomic E-state index is -0.618. The predicted molar refractivity (Wildman–Crippen MR) is 131 cm³/mol. The number of hydrogen-bond acceptors (Lipinski definition) is 7. The van der Waals surface area contributed by atoms with Gasteiger partial charge in [0.05, 0.1) is 6.20 Å². The monoisotopic (exact) mass is 493 g/mol. The SMILES string of the molecule is CC(C)[C@H](NC(=O)OC(C)(C)C)C(=O)N1CCC(c2cccc(Nc3ncc(Cl)s3)n2)CC1. The van der Waals surface area contributed by atoms with Gasteiger partial charge in [-0.1, -0.05) is 42.9 Å². The molecular formula is C23H32ClN5O3S. The zero-order valence-electron chi connectivity index (χ0n) is 19.7. The van der Waals surface area contributed by atoms with Crippen molar-refractivity contribution in [1.82, 2.24) is 20.2 Å². The Kier molecular flexibility index (Phi) is 8.18. The Hall–Kier alpha value is -2.39. The van der Waals surface area contributed by atoms with Crippen molar-refractivity contribution in [2.45, 2.75) is 65.0 Å². The third-order valence-corrected chi connectivity index (χ3v) is 6.34. The fourth-order valence-electron chi connectivity index (χ4n) is 3.71. The predicted octanol–water partition coefficient (Wildman–Crippen LogP) is 5.19. The second-order valence-corrected chi connectivity index (χ2v) is 11.2. The topological polar surface area (TPSA) is 96.5 Å². The first kappa shape index (κ1) is 25.2. The molecule has 0 aromatic carbocycles. The average molecular weight is 494 g/mol. The van der Waals surface area contributed by atoms with Crippen molar-refractivity contribution < 1.29 is 14.3 Å². The van der Waals surface area contributed by atoms with Crippen molar-refractivity contribution in [2.75, 3.05) is 18.4 Å². The molecule has 0 bridgehead atoms. The Morgan fingerprint density at radius 3 is 2.52 bits per heavy atom. The molecule has 180 valence electrons. The van der Waals surface area contributed by atoms with Gasteiger partial charge in [-0.3, -0.25) is 4.79 Å². The zero-order valence-corrected chi connectivity index (χ0v) is 21.3. The largest absolute Gasteiger partial charge is 0.444 e. The summed E-state index contributed by atoms with van der Waals surface area (Å²) in [4.78, 5) is 36.2. The zero-order chi connectivity index (χ0) is 24.2. The summed E-state index contributed by atoms with van der Waals surface area (Å²) in [6, 6.07) is 5.26. The Morgan fingerprint density at radius 2 is 1.94 bits per heavy atom. The van der Waals surface area contributed by atoms with Crippen molar-refractivity contribution in [3.63, 3.8) is 0 Å². The Bertz CT molecular complexity index is 967. The molecule has 33 heavy (non-hydrogen) atoms. The second-order valence-electron chi connectivity index (χ2n) is 9.51. The third-order valence-electron chi connectivity index (χ3n) is 5.31. The van der Waals surface area contributed by atoms with Crippen LogP contribution < -0.4 is 10.6 Å². The van der Waals surface area contributed by atoms with Crippen LogP contribution in [0.2, 0.25) is 4.34 Å². The average Bonchev–Trinajstić information content (AvgIpc) is 3.15. The lowest BCUT2D eigenvalue weighted by atomic mass is 9.92. The first-order valence-corrected chi connectivity index (χ1v) is 12.3. The van der Waals surface area contributed by atoms with Crippen LogP contribution in [0.3, 0.4) is 0 Å². The molecule has 0 radical (unpaired) electrons. The molecule has 0 saturated carbocycles. The lowest BCUT2D eigenvalue weighted by Crippen LogP contribution is -2.53. The normalized spacial score (nSPS) is 15.9. The number of carbonyl (C=O) groups is 2. The number of amides is 2. The number of pyridine rings is 1. The van der Waals surface area contributed by atoms with E-state index in [1.807, 2.05) is 36.9 Å². The highest BCUT2D eigenvalue weighted by Crippen LogP contribution is 2.30. The van der Waals surface area contributed by atoms with E-state index in [0.717, 1.165) is 24.4 Å². The van der Waals surface area contributed by atoms with Crippen molar-refractivity contribution >= 4 is 45.9 Å². The fraction of sp³-hybridized carbons (Fsp3) is 0.565. The van der Waals surface area contributed by atoms with Crippen LogP contribution in [0.25, 0.3) is 0 Å². The number of nitrogens with zero attached hydrogens (tertiary/aromatic N) is 3. The molecule has 0 spiro atoms. The van der Waals surface area contributed by atoms with Gasteiger partial charge >= 0.3 is 6.09 Å². The Morgan fingerprint density at radius 1 is 1.24 bits per heavy atom. The molecule has 1 aliphatic heterocycles. The highest BCUT2D eigenvalue weighted by atomic mass is 35.5. The second kappa shape index (κ2) is 10.7. The summed E-state index contributed by atoms with van der Waals surface area (Å²) in [6.45, 7) is 10.5. The van der Waals surface area contributed by atoms with Gasteiger partial charge in [0.2, 0.25) is 5.91 Å². The summed E-state index contributed by atoms with van der Waals surface area (Å²) in [7, 11) is 0. The van der Waals surface area contributed by atoms with Crippen molar-refractivity contribution in [1.29, 1.82) is 0 Å². The molecular weight excluding hydrogens is 462 g/mol. The van der Waals surface area contributed by atoms with E-state index in [4.69, 9.17) is 21.3 Å². The number of ether oxygens (including phenoxy) is 1. The van der Waals surface area contributed by atoms with Crippen LogP contribution in [0, 0.1) is 5.92 Å².